The molecule has 0 aromatic heterocycles. The van der Waals surface area contributed by atoms with Gasteiger partial charge in [0.05, 0.1) is 12.5 Å². The zero-order chi connectivity index (χ0) is 18.6. The fraction of sp³-hybridized carbons (Fsp3) is 0.600. The first-order chi connectivity index (χ1) is 12.6. The van der Waals surface area contributed by atoms with Gasteiger partial charge in [0.1, 0.15) is 0 Å². The number of carbonyl (C=O) groups excluding carboxylic acids is 1. The molecule has 0 atom stereocenters. The van der Waals surface area contributed by atoms with Gasteiger partial charge in [-0.2, -0.15) is 0 Å². The van der Waals surface area contributed by atoms with Crippen molar-refractivity contribution in [2.24, 2.45) is 10.9 Å². The predicted molar refractivity (Wildman–Crippen MR) is 107 cm³/mol. The third kappa shape index (κ3) is 4.22. The highest BCUT2D eigenvalue weighted by molar-refractivity contribution is 9.10. The van der Waals surface area contributed by atoms with Gasteiger partial charge in [0.15, 0.2) is 5.96 Å². The molecule has 1 aromatic carbocycles. The summed E-state index contributed by atoms with van der Waals surface area (Å²) in [6, 6.07) is 8.50. The zero-order valence-electron chi connectivity index (χ0n) is 15.6. The third-order valence-corrected chi connectivity index (χ3v) is 6.20. The van der Waals surface area contributed by atoms with E-state index < -0.39 is 0 Å². The van der Waals surface area contributed by atoms with Gasteiger partial charge < -0.3 is 15.0 Å². The number of nitrogens with zero attached hydrogens (tertiary/aromatic N) is 2. The van der Waals surface area contributed by atoms with Crippen LogP contribution in [0, 0.1) is 5.92 Å². The Morgan fingerprint density at radius 3 is 2.62 bits per heavy atom. The van der Waals surface area contributed by atoms with E-state index in [9.17, 15) is 4.79 Å². The molecular weight excluding hydrogens is 394 g/mol. The molecule has 2 aliphatic rings. The normalized spacial score (nSPS) is 20.0. The first-order valence-electron chi connectivity index (χ1n) is 9.47. The van der Waals surface area contributed by atoms with Gasteiger partial charge in [-0.15, -0.1) is 0 Å². The summed E-state index contributed by atoms with van der Waals surface area (Å²) < 4.78 is 6.34. The molecule has 5 nitrogen and oxygen atoms in total. The molecule has 142 valence electrons. The number of piperidine rings is 1. The molecule has 3 rings (SSSR count). The van der Waals surface area contributed by atoms with Gasteiger partial charge in [0.25, 0.3) is 0 Å². The molecule has 1 aromatic rings. The average Bonchev–Trinajstić information content (AvgIpc) is 3.44. The van der Waals surface area contributed by atoms with Crippen LogP contribution in [-0.4, -0.2) is 50.1 Å². The first-order valence-corrected chi connectivity index (χ1v) is 10.3. The van der Waals surface area contributed by atoms with E-state index in [1.54, 1.807) is 0 Å². The van der Waals surface area contributed by atoms with Crippen LogP contribution < -0.4 is 5.32 Å². The first kappa shape index (κ1) is 19.2. The van der Waals surface area contributed by atoms with Crippen molar-refractivity contribution >= 4 is 27.9 Å². The Morgan fingerprint density at radius 2 is 2.04 bits per heavy atom. The molecule has 0 bridgehead atoms. The van der Waals surface area contributed by atoms with Crippen LogP contribution in [0.1, 0.15) is 38.2 Å². The lowest BCUT2D eigenvalue weighted by atomic mass is 9.95. The van der Waals surface area contributed by atoms with Gasteiger partial charge in [-0.1, -0.05) is 34.1 Å². The number of hydrogen-bond acceptors (Lipinski definition) is 3. The molecule has 26 heavy (non-hydrogen) atoms. The molecule has 2 fully saturated rings. The summed E-state index contributed by atoms with van der Waals surface area (Å²) in [7, 11) is 1.83. The molecule has 1 saturated heterocycles. The van der Waals surface area contributed by atoms with Gasteiger partial charge >= 0.3 is 5.97 Å². The lowest BCUT2D eigenvalue weighted by Crippen LogP contribution is -2.48. The lowest BCUT2D eigenvalue weighted by molar-refractivity contribution is -0.149. The fourth-order valence-electron chi connectivity index (χ4n) is 3.75. The lowest BCUT2D eigenvalue weighted by Gasteiger charge is -2.34. The topological polar surface area (TPSA) is 53.9 Å². The summed E-state index contributed by atoms with van der Waals surface area (Å²) in [5.74, 6) is 0.908. The van der Waals surface area contributed by atoms with Gasteiger partial charge in [-0.25, -0.2) is 0 Å². The number of aliphatic imine (C=N–C) groups is 1. The van der Waals surface area contributed by atoms with Crippen LogP contribution in [0.4, 0.5) is 0 Å². The van der Waals surface area contributed by atoms with Crippen molar-refractivity contribution in [2.75, 3.05) is 33.3 Å². The maximum atomic E-state index is 11.9. The monoisotopic (exact) mass is 421 g/mol. The largest absolute Gasteiger partial charge is 0.466 e. The zero-order valence-corrected chi connectivity index (χ0v) is 17.2. The molecule has 0 radical (unpaired) electrons. The van der Waals surface area contributed by atoms with E-state index in [-0.39, 0.29) is 17.3 Å². The van der Waals surface area contributed by atoms with Crippen molar-refractivity contribution in [3.8, 4) is 0 Å². The number of halogens is 1. The SMILES string of the molecule is CCOC(=O)C1CCN(C(=NC)NCC2(c3ccccc3Br)CC2)CC1. The maximum Gasteiger partial charge on any atom is 0.309 e. The number of hydrogen-bond donors (Lipinski definition) is 1. The van der Waals surface area contributed by atoms with Crippen molar-refractivity contribution in [3.63, 3.8) is 0 Å². The minimum absolute atomic E-state index is 0.0272. The van der Waals surface area contributed by atoms with Crippen molar-refractivity contribution in [1.29, 1.82) is 0 Å². The van der Waals surface area contributed by atoms with Crippen LogP contribution in [0.2, 0.25) is 0 Å². The number of esters is 1. The quantitative estimate of drug-likeness (QED) is 0.449. The van der Waals surface area contributed by atoms with Crippen molar-refractivity contribution in [2.45, 2.75) is 38.0 Å². The number of guanidine groups is 1. The Kier molecular flexibility index (Phi) is 6.22. The fourth-order valence-corrected chi connectivity index (χ4v) is 4.46. The molecular formula is C20H28BrN3O2. The van der Waals surface area contributed by atoms with Crippen molar-refractivity contribution < 1.29 is 9.53 Å². The maximum absolute atomic E-state index is 11.9. The average molecular weight is 422 g/mol. The molecule has 1 saturated carbocycles. The Bertz CT molecular complexity index is 665. The molecule has 0 unspecified atom stereocenters. The molecule has 0 spiro atoms. The Morgan fingerprint density at radius 1 is 1.35 bits per heavy atom. The van der Waals surface area contributed by atoms with Gasteiger partial charge in [0, 0.05) is 36.6 Å². The summed E-state index contributed by atoms with van der Waals surface area (Å²) in [5, 5.41) is 3.58. The predicted octanol–water partition coefficient (Wildman–Crippen LogP) is 3.33. The van der Waals surface area contributed by atoms with Crippen molar-refractivity contribution in [1.82, 2.24) is 10.2 Å². The summed E-state index contributed by atoms with van der Waals surface area (Å²) in [6.45, 7) is 4.88. The summed E-state index contributed by atoms with van der Waals surface area (Å²) >= 11 is 3.69. The minimum Gasteiger partial charge on any atom is -0.466 e. The summed E-state index contributed by atoms with van der Waals surface area (Å²) in [6.07, 6.45) is 4.05. The number of ether oxygens (including phenoxy) is 1. The van der Waals surface area contributed by atoms with E-state index in [0.29, 0.717) is 6.61 Å². The Labute approximate surface area is 164 Å². The Balaban J connectivity index is 1.55. The molecule has 1 aliphatic heterocycles. The number of benzene rings is 1. The second-order valence-electron chi connectivity index (χ2n) is 7.17. The van der Waals surface area contributed by atoms with E-state index in [2.05, 4.69) is 55.4 Å². The second-order valence-corrected chi connectivity index (χ2v) is 8.03. The van der Waals surface area contributed by atoms with E-state index in [4.69, 9.17) is 4.74 Å². The van der Waals surface area contributed by atoms with E-state index in [0.717, 1.165) is 38.4 Å². The van der Waals surface area contributed by atoms with Crippen molar-refractivity contribution in [3.05, 3.63) is 34.3 Å². The van der Waals surface area contributed by atoms with Gasteiger partial charge in [-0.05, 0) is 44.2 Å². The highest BCUT2D eigenvalue weighted by Crippen LogP contribution is 2.49. The molecule has 6 heteroatoms. The van der Waals surface area contributed by atoms with Crippen LogP contribution in [0.3, 0.4) is 0 Å². The number of nitrogens with one attached hydrogen (secondary N) is 1. The van der Waals surface area contributed by atoms with Crippen LogP contribution in [0.5, 0.6) is 0 Å². The highest BCUT2D eigenvalue weighted by Gasteiger charge is 2.45. The molecule has 1 heterocycles. The summed E-state index contributed by atoms with van der Waals surface area (Å²) in [4.78, 5) is 18.6. The smallest absolute Gasteiger partial charge is 0.309 e. The summed E-state index contributed by atoms with van der Waals surface area (Å²) in [5.41, 5.74) is 1.59. The number of carbonyl (C=O) groups is 1. The van der Waals surface area contributed by atoms with Crippen LogP contribution in [-0.2, 0) is 14.9 Å². The standard InChI is InChI=1S/C20H28BrN3O2/c1-3-26-18(25)15-8-12-24(13-9-15)19(22-2)23-14-20(10-11-20)16-6-4-5-7-17(16)21/h4-7,15H,3,8-14H2,1-2H3,(H,22,23). The molecule has 1 aliphatic carbocycles. The molecule has 0 amide bonds. The number of likely N-dealkylation sites (tertiary alicyclic amines) is 1. The van der Waals surface area contributed by atoms with E-state index in [1.807, 2.05) is 14.0 Å². The highest BCUT2D eigenvalue weighted by atomic mass is 79.9. The minimum atomic E-state index is -0.0547. The second kappa shape index (κ2) is 8.42. The Hall–Kier alpha value is -1.56. The van der Waals surface area contributed by atoms with Crippen LogP contribution in [0.15, 0.2) is 33.7 Å². The van der Waals surface area contributed by atoms with Crippen LogP contribution >= 0.6 is 15.9 Å². The van der Waals surface area contributed by atoms with Gasteiger partial charge in [-0.3, -0.25) is 9.79 Å². The van der Waals surface area contributed by atoms with Crippen LogP contribution in [0.25, 0.3) is 0 Å². The molecule has 1 N–H and O–H groups in total. The van der Waals surface area contributed by atoms with Gasteiger partial charge in [0.2, 0.25) is 0 Å². The van der Waals surface area contributed by atoms with E-state index in [1.165, 1.54) is 22.9 Å². The number of rotatable bonds is 5. The van der Waals surface area contributed by atoms with E-state index >= 15 is 0 Å². The third-order valence-electron chi connectivity index (χ3n) is 5.51.